The van der Waals surface area contributed by atoms with E-state index in [-0.39, 0.29) is 0 Å². The molecule has 0 aliphatic rings. The third kappa shape index (κ3) is 5.60. The zero-order valence-corrected chi connectivity index (χ0v) is 31.1. The van der Waals surface area contributed by atoms with E-state index in [0.29, 0.717) is 0 Å². The van der Waals surface area contributed by atoms with E-state index >= 15 is 0 Å². The van der Waals surface area contributed by atoms with Crippen molar-refractivity contribution in [2.45, 2.75) is 0 Å². The van der Waals surface area contributed by atoms with Crippen LogP contribution < -0.4 is 4.90 Å². The number of benzene rings is 9. The van der Waals surface area contributed by atoms with Gasteiger partial charge in [0.25, 0.3) is 0 Å². The molecule has 0 atom stereocenters. The van der Waals surface area contributed by atoms with Crippen LogP contribution in [0.5, 0.6) is 0 Å². The van der Waals surface area contributed by atoms with Crippen LogP contribution in [-0.2, 0) is 0 Å². The van der Waals surface area contributed by atoms with Gasteiger partial charge in [-0.1, -0.05) is 158 Å². The van der Waals surface area contributed by atoms with E-state index in [9.17, 15) is 0 Å². The first-order valence-corrected chi connectivity index (χ1v) is 19.4. The fraction of sp³-hybridized carbons (Fsp3) is 0. The van der Waals surface area contributed by atoms with E-state index in [0.717, 1.165) is 66.8 Å². The Morgan fingerprint density at radius 1 is 0.351 bits per heavy atom. The fourth-order valence-electron chi connectivity index (χ4n) is 8.51. The number of aromatic nitrogens is 1. The zero-order chi connectivity index (χ0) is 37.7. The molecule has 0 amide bonds. The lowest BCUT2D eigenvalue weighted by Gasteiger charge is -2.29. The molecule has 3 nitrogen and oxygen atoms in total. The van der Waals surface area contributed by atoms with Gasteiger partial charge in [-0.2, -0.15) is 0 Å². The van der Waals surface area contributed by atoms with Crippen molar-refractivity contribution in [2.24, 2.45) is 0 Å². The first-order chi connectivity index (χ1) is 28.3. The molecule has 0 bridgehead atoms. The number of para-hydroxylation sites is 4. The van der Waals surface area contributed by atoms with Crippen molar-refractivity contribution in [2.75, 3.05) is 4.90 Å². The Morgan fingerprint density at radius 3 is 1.53 bits per heavy atom. The van der Waals surface area contributed by atoms with Gasteiger partial charge in [-0.15, -0.1) is 0 Å². The Hall–Kier alpha value is -7.62. The van der Waals surface area contributed by atoms with E-state index in [1.165, 1.54) is 33.0 Å². The van der Waals surface area contributed by atoms with E-state index in [1.807, 2.05) is 6.07 Å². The van der Waals surface area contributed by atoms with Crippen LogP contribution in [0.3, 0.4) is 0 Å². The van der Waals surface area contributed by atoms with Gasteiger partial charge < -0.3 is 13.9 Å². The summed E-state index contributed by atoms with van der Waals surface area (Å²) in [6, 6.07) is 78.1. The molecule has 0 aliphatic carbocycles. The minimum absolute atomic E-state index is 0.880. The highest BCUT2D eigenvalue weighted by molar-refractivity contribution is 6.16. The summed E-state index contributed by atoms with van der Waals surface area (Å²) in [6.07, 6.45) is 0. The maximum atomic E-state index is 6.76. The van der Waals surface area contributed by atoms with Crippen molar-refractivity contribution in [3.8, 4) is 39.1 Å². The summed E-state index contributed by atoms with van der Waals surface area (Å²) in [6.45, 7) is 0. The minimum atomic E-state index is 0.880. The van der Waals surface area contributed by atoms with Crippen LogP contribution in [0.1, 0.15) is 0 Å². The lowest BCUT2D eigenvalue weighted by Crippen LogP contribution is -2.11. The number of nitrogens with zero attached hydrogens (tertiary/aromatic N) is 2. The van der Waals surface area contributed by atoms with Gasteiger partial charge in [-0.05, 0) is 82.9 Å². The normalized spacial score (nSPS) is 11.5. The molecular formula is C54H36N2O. The van der Waals surface area contributed by atoms with Gasteiger partial charge in [-0.25, -0.2) is 0 Å². The Balaban J connectivity index is 1.23. The molecule has 0 saturated carbocycles. The van der Waals surface area contributed by atoms with Crippen molar-refractivity contribution in [3.63, 3.8) is 0 Å². The third-order valence-corrected chi connectivity index (χ3v) is 11.2. The average Bonchev–Trinajstić information content (AvgIpc) is 3.83. The van der Waals surface area contributed by atoms with Crippen molar-refractivity contribution in [1.29, 1.82) is 0 Å². The largest absolute Gasteiger partial charge is 0.455 e. The standard InChI is InChI=1S/C54H36N2O/c1-4-15-37(16-5-1)39-27-31-42(32-28-39)55(43-33-29-40(30-34-43)38-17-6-2-7-18-38)51-36-52-48(44-21-10-12-25-50(44)56(52)41-19-8-3-9-20-41)35-49(51)47-24-14-23-46-45-22-11-13-26-53(45)57-54(46)47/h1-36H. The average molecular weight is 729 g/mol. The van der Waals surface area contributed by atoms with Gasteiger partial charge in [0.1, 0.15) is 11.2 Å². The van der Waals surface area contributed by atoms with Crippen LogP contribution in [0.15, 0.2) is 223 Å². The molecule has 0 saturated heterocycles. The Kier molecular flexibility index (Phi) is 7.82. The van der Waals surface area contributed by atoms with Gasteiger partial charge in [0.05, 0.1) is 16.7 Å². The van der Waals surface area contributed by atoms with Gasteiger partial charge in [-0.3, -0.25) is 0 Å². The second-order valence-electron chi connectivity index (χ2n) is 14.5. The molecule has 0 spiro atoms. The van der Waals surface area contributed by atoms with Gasteiger partial charge in [0, 0.05) is 49.7 Å². The van der Waals surface area contributed by atoms with Gasteiger partial charge in [0.15, 0.2) is 0 Å². The zero-order valence-electron chi connectivity index (χ0n) is 31.1. The van der Waals surface area contributed by atoms with Crippen molar-refractivity contribution < 1.29 is 4.42 Å². The van der Waals surface area contributed by atoms with E-state index in [2.05, 4.69) is 222 Å². The van der Waals surface area contributed by atoms with Crippen molar-refractivity contribution in [3.05, 3.63) is 218 Å². The van der Waals surface area contributed by atoms with E-state index in [1.54, 1.807) is 0 Å². The first kappa shape index (κ1) is 32.8. The summed E-state index contributed by atoms with van der Waals surface area (Å²) in [4.78, 5) is 2.41. The number of furan rings is 1. The molecule has 57 heavy (non-hydrogen) atoms. The Bertz CT molecular complexity index is 3120. The van der Waals surface area contributed by atoms with Crippen LogP contribution in [0.25, 0.3) is 82.8 Å². The molecule has 11 rings (SSSR count). The molecule has 0 N–H and O–H groups in total. The molecule has 0 unspecified atom stereocenters. The summed E-state index contributed by atoms with van der Waals surface area (Å²) < 4.78 is 9.16. The highest BCUT2D eigenvalue weighted by Gasteiger charge is 2.24. The Morgan fingerprint density at radius 2 is 0.877 bits per heavy atom. The lowest BCUT2D eigenvalue weighted by molar-refractivity contribution is 0.670. The number of rotatable bonds is 7. The summed E-state index contributed by atoms with van der Waals surface area (Å²) in [7, 11) is 0. The number of anilines is 3. The summed E-state index contributed by atoms with van der Waals surface area (Å²) >= 11 is 0. The molecular weight excluding hydrogens is 693 g/mol. The van der Waals surface area contributed by atoms with Crippen molar-refractivity contribution in [1.82, 2.24) is 4.57 Å². The second kappa shape index (κ2) is 13.6. The molecule has 0 aliphatic heterocycles. The molecule has 0 radical (unpaired) electrons. The van der Waals surface area contributed by atoms with Crippen molar-refractivity contribution >= 4 is 60.8 Å². The molecule has 3 heteroatoms. The van der Waals surface area contributed by atoms with Crippen LogP contribution in [0.2, 0.25) is 0 Å². The molecule has 0 fully saturated rings. The fourth-order valence-corrected chi connectivity index (χ4v) is 8.51. The topological polar surface area (TPSA) is 21.3 Å². The number of fused-ring (bicyclic) bond motifs is 6. The predicted molar refractivity (Wildman–Crippen MR) is 239 cm³/mol. The summed E-state index contributed by atoms with van der Waals surface area (Å²) in [5.74, 6) is 0. The maximum absolute atomic E-state index is 6.76. The lowest BCUT2D eigenvalue weighted by atomic mass is 9.96. The molecule has 2 heterocycles. The quantitative estimate of drug-likeness (QED) is 0.163. The molecule has 2 aromatic heterocycles. The predicted octanol–water partition coefficient (Wildman–Crippen LogP) is 15.2. The smallest absolute Gasteiger partial charge is 0.143 e. The van der Waals surface area contributed by atoms with Crippen LogP contribution in [0.4, 0.5) is 17.1 Å². The minimum Gasteiger partial charge on any atom is -0.455 e. The van der Waals surface area contributed by atoms with Crippen LogP contribution in [-0.4, -0.2) is 4.57 Å². The molecule has 268 valence electrons. The van der Waals surface area contributed by atoms with Gasteiger partial charge in [0.2, 0.25) is 0 Å². The summed E-state index contributed by atoms with van der Waals surface area (Å²) in [5.41, 5.74) is 15.2. The van der Waals surface area contributed by atoms with Crippen LogP contribution >= 0.6 is 0 Å². The first-order valence-electron chi connectivity index (χ1n) is 19.4. The number of hydrogen-bond donors (Lipinski definition) is 0. The number of hydrogen-bond acceptors (Lipinski definition) is 2. The Labute approximate surface area is 330 Å². The SMILES string of the molecule is c1ccc(-c2ccc(N(c3ccc(-c4ccccc4)cc3)c3cc4c(cc3-c3cccc5c3oc3ccccc35)c3ccccc3n4-c3ccccc3)cc2)cc1. The maximum Gasteiger partial charge on any atom is 0.143 e. The van der Waals surface area contributed by atoms with Gasteiger partial charge >= 0.3 is 0 Å². The molecule has 11 aromatic rings. The highest BCUT2D eigenvalue weighted by Crippen LogP contribution is 2.48. The third-order valence-electron chi connectivity index (χ3n) is 11.2. The molecule has 9 aromatic carbocycles. The van der Waals surface area contributed by atoms with Crippen LogP contribution in [0, 0.1) is 0 Å². The summed E-state index contributed by atoms with van der Waals surface area (Å²) in [5, 5.41) is 4.60. The second-order valence-corrected chi connectivity index (χ2v) is 14.5. The van der Waals surface area contributed by atoms with E-state index < -0.39 is 0 Å². The highest BCUT2D eigenvalue weighted by atomic mass is 16.3. The monoisotopic (exact) mass is 728 g/mol. The van der Waals surface area contributed by atoms with E-state index in [4.69, 9.17) is 4.42 Å².